The normalized spacial score (nSPS) is 12.6. The molecule has 1 heterocycles. The second-order valence-corrected chi connectivity index (χ2v) is 5.20. The third-order valence-corrected chi connectivity index (χ3v) is 3.58. The summed E-state index contributed by atoms with van der Waals surface area (Å²) in [4.78, 5) is 0. The Morgan fingerprint density at radius 2 is 2.24 bits per heavy atom. The van der Waals surface area contributed by atoms with Crippen molar-refractivity contribution in [1.29, 1.82) is 0 Å². The van der Waals surface area contributed by atoms with Crippen LogP contribution in [0, 0.1) is 5.82 Å². The first-order valence-electron chi connectivity index (χ1n) is 6.19. The average Bonchev–Trinajstić information content (AvgIpc) is 2.81. The van der Waals surface area contributed by atoms with Crippen LogP contribution in [0.15, 0.2) is 24.4 Å². The summed E-state index contributed by atoms with van der Waals surface area (Å²) in [6.45, 7) is 0.928. The average molecular weight is 333 g/mol. The zero-order chi connectivity index (χ0) is 15.4. The Balaban J connectivity index is 2.43. The van der Waals surface area contributed by atoms with Crippen LogP contribution in [-0.2, 0) is 11.3 Å². The summed E-state index contributed by atoms with van der Waals surface area (Å²) in [5, 5.41) is 4.86. The van der Waals surface area contributed by atoms with Gasteiger partial charge in [-0.2, -0.15) is 5.10 Å². The monoisotopic (exact) mass is 332 g/mol. The lowest BCUT2D eigenvalue weighted by molar-refractivity contribution is 0.182. The topological polar surface area (TPSA) is 65.1 Å². The summed E-state index contributed by atoms with van der Waals surface area (Å²) in [6, 6.07) is 3.74. The third-order valence-electron chi connectivity index (χ3n) is 3.05. The Kier molecular flexibility index (Phi) is 5.55. The Labute approximate surface area is 131 Å². The summed E-state index contributed by atoms with van der Waals surface area (Å²) in [5.41, 5.74) is 3.47. The first-order valence-corrected chi connectivity index (χ1v) is 6.95. The van der Waals surface area contributed by atoms with Crippen LogP contribution in [0.5, 0.6) is 0 Å². The summed E-state index contributed by atoms with van der Waals surface area (Å²) in [7, 11) is 1.59. The fourth-order valence-corrected chi connectivity index (χ4v) is 2.48. The number of ether oxygens (including phenoxy) is 1. The quantitative estimate of drug-likeness (QED) is 0.630. The van der Waals surface area contributed by atoms with E-state index in [4.69, 9.17) is 33.8 Å². The fraction of sp³-hybridized carbons (Fsp3) is 0.308. The number of benzene rings is 1. The number of hydrogen-bond acceptors (Lipinski definition) is 4. The maximum atomic E-state index is 14.1. The largest absolute Gasteiger partial charge is 0.383 e. The lowest BCUT2D eigenvalue weighted by Gasteiger charge is -2.19. The third kappa shape index (κ3) is 3.53. The van der Waals surface area contributed by atoms with Crippen LogP contribution in [0.1, 0.15) is 17.3 Å². The highest BCUT2D eigenvalue weighted by Gasteiger charge is 2.23. The number of hydrazine groups is 1. The van der Waals surface area contributed by atoms with E-state index in [-0.39, 0.29) is 0 Å². The van der Waals surface area contributed by atoms with E-state index in [9.17, 15) is 4.39 Å². The molecule has 114 valence electrons. The van der Waals surface area contributed by atoms with E-state index in [0.717, 1.165) is 0 Å². The highest BCUT2D eigenvalue weighted by atomic mass is 35.5. The lowest BCUT2D eigenvalue weighted by atomic mass is 10.0. The molecule has 8 heteroatoms. The molecule has 3 N–H and O–H groups in total. The predicted molar refractivity (Wildman–Crippen MR) is 79.7 cm³/mol. The van der Waals surface area contributed by atoms with E-state index < -0.39 is 11.9 Å². The van der Waals surface area contributed by atoms with Gasteiger partial charge < -0.3 is 4.74 Å². The molecule has 2 rings (SSSR count). The molecular weight excluding hydrogens is 318 g/mol. The summed E-state index contributed by atoms with van der Waals surface area (Å²) in [5.74, 6) is 5.12. The summed E-state index contributed by atoms with van der Waals surface area (Å²) < 4.78 is 20.8. The minimum absolute atomic E-state index is 0.311. The highest BCUT2D eigenvalue weighted by molar-refractivity contribution is 6.31. The van der Waals surface area contributed by atoms with Gasteiger partial charge in [0.25, 0.3) is 0 Å². The van der Waals surface area contributed by atoms with Gasteiger partial charge in [-0.05, 0) is 12.1 Å². The van der Waals surface area contributed by atoms with E-state index in [2.05, 4.69) is 10.5 Å². The fourth-order valence-electron chi connectivity index (χ4n) is 2.07. The molecule has 0 spiro atoms. The number of methoxy groups -OCH3 is 1. The minimum Gasteiger partial charge on any atom is -0.383 e. The minimum atomic E-state index is -0.644. The highest BCUT2D eigenvalue weighted by Crippen LogP contribution is 2.30. The molecule has 0 fully saturated rings. The summed E-state index contributed by atoms with van der Waals surface area (Å²) >= 11 is 11.9. The first-order chi connectivity index (χ1) is 10.1. The van der Waals surface area contributed by atoms with E-state index in [1.165, 1.54) is 12.3 Å². The molecule has 0 aliphatic rings. The number of hydrogen-bond donors (Lipinski definition) is 2. The number of nitrogens with two attached hydrogens (primary N) is 1. The molecule has 1 unspecified atom stereocenters. The van der Waals surface area contributed by atoms with Crippen molar-refractivity contribution in [1.82, 2.24) is 15.2 Å². The Bertz CT molecular complexity index is 620. The zero-order valence-electron chi connectivity index (χ0n) is 11.3. The Morgan fingerprint density at radius 1 is 1.48 bits per heavy atom. The molecular formula is C13H15Cl2FN4O. The smallest absolute Gasteiger partial charge is 0.129 e. The van der Waals surface area contributed by atoms with Gasteiger partial charge in [-0.3, -0.25) is 10.5 Å². The molecule has 0 saturated heterocycles. The molecule has 1 aromatic carbocycles. The number of aromatic nitrogens is 2. The molecule has 0 bridgehead atoms. The van der Waals surface area contributed by atoms with Gasteiger partial charge in [-0.25, -0.2) is 9.82 Å². The van der Waals surface area contributed by atoms with Crippen molar-refractivity contribution in [3.8, 4) is 0 Å². The van der Waals surface area contributed by atoms with Crippen molar-refractivity contribution in [3.63, 3.8) is 0 Å². The first kappa shape index (κ1) is 16.2. The number of halogens is 3. The molecule has 21 heavy (non-hydrogen) atoms. The number of nitrogens with one attached hydrogen (secondary N) is 1. The Morgan fingerprint density at radius 3 is 2.86 bits per heavy atom. The molecule has 2 aromatic rings. The van der Waals surface area contributed by atoms with Crippen LogP contribution in [-0.4, -0.2) is 23.5 Å². The van der Waals surface area contributed by atoms with Gasteiger partial charge in [0.2, 0.25) is 0 Å². The van der Waals surface area contributed by atoms with E-state index in [1.54, 1.807) is 23.9 Å². The lowest BCUT2D eigenvalue weighted by Crippen LogP contribution is -2.32. The van der Waals surface area contributed by atoms with Crippen molar-refractivity contribution in [3.05, 3.63) is 51.5 Å². The molecule has 0 radical (unpaired) electrons. The van der Waals surface area contributed by atoms with Crippen molar-refractivity contribution < 1.29 is 9.13 Å². The van der Waals surface area contributed by atoms with E-state index in [0.29, 0.717) is 34.5 Å². The van der Waals surface area contributed by atoms with Crippen molar-refractivity contribution >= 4 is 23.2 Å². The maximum Gasteiger partial charge on any atom is 0.129 e. The van der Waals surface area contributed by atoms with E-state index >= 15 is 0 Å². The molecule has 1 aromatic heterocycles. The molecule has 5 nitrogen and oxygen atoms in total. The van der Waals surface area contributed by atoms with Crippen molar-refractivity contribution in [2.75, 3.05) is 13.7 Å². The maximum absolute atomic E-state index is 14.1. The van der Waals surface area contributed by atoms with Gasteiger partial charge in [0.1, 0.15) is 5.82 Å². The molecule has 0 amide bonds. The SMILES string of the molecule is COCCn1ncc(Cl)c1C(NN)c1ccc(Cl)cc1F. The molecule has 1 atom stereocenters. The van der Waals surface area contributed by atoms with Gasteiger partial charge in [-0.1, -0.05) is 29.3 Å². The second kappa shape index (κ2) is 7.20. The van der Waals surface area contributed by atoms with Crippen LogP contribution < -0.4 is 11.3 Å². The van der Waals surface area contributed by atoms with Gasteiger partial charge in [0.15, 0.2) is 0 Å². The Hall–Kier alpha value is -1.18. The van der Waals surface area contributed by atoms with Crippen LogP contribution >= 0.6 is 23.2 Å². The summed E-state index contributed by atoms with van der Waals surface area (Å²) in [6.07, 6.45) is 1.49. The number of rotatable bonds is 6. The zero-order valence-corrected chi connectivity index (χ0v) is 12.8. The molecule has 0 aliphatic heterocycles. The van der Waals surface area contributed by atoms with Gasteiger partial charge in [-0.15, -0.1) is 0 Å². The second-order valence-electron chi connectivity index (χ2n) is 4.36. The van der Waals surface area contributed by atoms with Crippen LogP contribution in [0.25, 0.3) is 0 Å². The van der Waals surface area contributed by atoms with Gasteiger partial charge in [0, 0.05) is 17.7 Å². The van der Waals surface area contributed by atoms with Crippen LogP contribution in [0.4, 0.5) is 4.39 Å². The molecule has 0 saturated carbocycles. The van der Waals surface area contributed by atoms with Crippen molar-refractivity contribution in [2.24, 2.45) is 5.84 Å². The van der Waals surface area contributed by atoms with Crippen LogP contribution in [0.3, 0.4) is 0 Å². The van der Waals surface area contributed by atoms with Gasteiger partial charge >= 0.3 is 0 Å². The van der Waals surface area contributed by atoms with Gasteiger partial charge in [0.05, 0.1) is 36.1 Å². The van der Waals surface area contributed by atoms with Crippen molar-refractivity contribution in [2.45, 2.75) is 12.6 Å². The van der Waals surface area contributed by atoms with E-state index in [1.807, 2.05) is 0 Å². The predicted octanol–water partition coefficient (Wildman–Crippen LogP) is 2.53. The standard InChI is InChI=1S/C13H15Cl2FN4O/c1-21-5-4-20-13(10(15)7-18-20)12(19-17)9-3-2-8(14)6-11(9)16/h2-3,6-7,12,19H,4-5,17H2,1H3. The number of nitrogens with zero attached hydrogens (tertiary/aromatic N) is 2. The molecule has 0 aliphatic carbocycles. The van der Waals surface area contributed by atoms with Crippen LogP contribution in [0.2, 0.25) is 10.0 Å².